The normalized spacial score (nSPS) is 15.6. The maximum atomic E-state index is 13.4. The fourth-order valence-electron chi connectivity index (χ4n) is 3.97. The van der Waals surface area contributed by atoms with Crippen LogP contribution in [0.3, 0.4) is 0 Å². The topological polar surface area (TPSA) is 109 Å². The van der Waals surface area contributed by atoms with Crippen LogP contribution in [0.5, 0.6) is 0 Å². The Balaban J connectivity index is 1.28. The number of amides is 1. The number of H-pyrrole nitrogens is 1. The third kappa shape index (κ3) is 5.56. The second-order valence-electron chi connectivity index (χ2n) is 8.15. The van der Waals surface area contributed by atoms with Gasteiger partial charge in [-0.05, 0) is 6.92 Å². The molecule has 1 aliphatic heterocycles. The van der Waals surface area contributed by atoms with Crippen molar-refractivity contribution in [2.45, 2.75) is 25.6 Å². The first-order chi connectivity index (χ1) is 16.6. The van der Waals surface area contributed by atoms with Crippen molar-refractivity contribution in [1.82, 2.24) is 29.6 Å². The average Bonchev–Trinajstić information content (AvgIpc) is 3.24. The van der Waals surface area contributed by atoms with Crippen molar-refractivity contribution in [2.75, 3.05) is 44.3 Å². The number of nitrogens with one attached hydrogen (secondary N) is 1. The monoisotopic (exact) mass is 513 g/mol. The van der Waals surface area contributed by atoms with E-state index in [1.807, 2.05) is 10.00 Å². The molecule has 3 aromatic rings. The minimum atomic E-state index is -4.69. The molecule has 0 saturated carbocycles. The number of alkyl halides is 3. The van der Waals surface area contributed by atoms with Crippen LogP contribution in [0, 0.1) is 0 Å². The van der Waals surface area contributed by atoms with Crippen molar-refractivity contribution >= 4 is 34.4 Å². The number of piperazine rings is 1. The van der Waals surface area contributed by atoms with Crippen molar-refractivity contribution in [2.24, 2.45) is 0 Å². The molecule has 4 heterocycles. The molecule has 0 bridgehead atoms. The summed E-state index contributed by atoms with van der Waals surface area (Å²) in [6, 6.07) is -0.518. The van der Waals surface area contributed by atoms with Crippen LogP contribution >= 0.6 is 11.6 Å². The molecule has 1 amide bonds. The molecule has 0 radical (unpaired) electrons. The first kappa shape index (κ1) is 24.9. The van der Waals surface area contributed by atoms with E-state index < -0.39 is 28.7 Å². The highest BCUT2D eigenvalue weighted by molar-refractivity contribution is 6.30. The van der Waals surface area contributed by atoms with E-state index >= 15 is 0 Å². The van der Waals surface area contributed by atoms with E-state index in [1.54, 1.807) is 11.8 Å². The van der Waals surface area contributed by atoms with Gasteiger partial charge in [0, 0.05) is 32.4 Å². The lowest BCUT2D eigenvalue weighted by Crippen LogP contribution is -2.49. The molecule has 0 aromatic carbocycles. The van der Waals surface area contributed by atoms with Gasteiger partial charge in [-0.15, -0.1) is 0 Å². The fourth-order valence-corrected chi connectivity index (χ4v) is 4.07. The number of aromatic nitrogens is 5. The Morgan fingerprint density at radius 2 is 1.89 bits per heavy atom. The molecule has 10 nitrogen and oxygen atoms in total. The summed E-state index contributed by atoms with van der Waals surface area (Å²) in [5, 5.41) is 5.65. The first-order valence-corrected chi connectivity index (χ1v) is 11.3. The lowest BCUT2D eigenvalue weighted by atomic mass is 10.2. The van der Waals surface area contributed by atoms with Crippen molar-refractivity contribution in [3.05, 3.63) is 45.7 Å². The molecule has 35 heavy (non-hydrogen) atoms. The van der Waals surface area contributed by atoms with Crippen LogP contribution in [-0.4, -0.2) is 74.9 Å². The maximum absolute atomic E-state index is 13.4. The lowest BCUT2D eigenvalue weighted by Gasteiger charge is -2.34. The third-order valence-corrected chi connectivity index (χ3v) is 5.97. The number of halogens is 4. The predicted octanol–water partition coefficient (Wildman–Crippen LogP) is 2.50. The molecule has 1 N–H and O–H groups in total. The van der Waals surface area contributed by atoms with Crippen molar-refractivity contribution in [3.8, 4) is 0 Å². The van der Waals surface area contributed by atoms with Crippen molar-refractivity contribution < 1.29 is 22.7 Å². The van der Waals surface area contributed by atoms with Gasteiger partial charge in [0.25, 0.3) is 5.56 Å². The zero-order valence-electron chi connectivity index (χ0n) is 18.8. The molecule has 1 fully saturated rings. The summed E-state index contributed by atoms with van der Waals surface area (Å²) >= 11 is 5.81. The van der Waals surface area contributed by atoms with Gasteiger partial charge in [-0.25, -0.2) is 15.1 Å². The van der Waals surface area contributed by atoms with E-state index in [4.69, 9.17) is 16.3 Å². The Labute approximate surface area is 202 Å². The van der Waals surface area contributed by atoms with Crippen LogP contribution in [0.4, 0.5) is 19.1 Å². The highest BCUT2D eigenvalue weighted by Crippen LogP contribution is 2.35. The second kappa shape index (κ2) is 10.2. The van der Waals surface area contributed by atoms with E-state index in [2.05, 4.69) is 15.1 Å². The number of aromatic amines is 1. The Kier molecular flexibility index (Phi) is 7.26. The van der Waals surface area contributed by atoms with Crippen molar-refractivity contribution in [1.29, 1.82) is 0 Å². The molecular formula is C21H23ClF3N7O3. The van der Waals surface area contributed by atoms with E-state index in [1.165, 1.54) is 23.2 Å². The fraction of sp³-hybridized carbons (Fsp3) is 0.476. The van der Waals surface area contributed by atoms with Gasteiger partial charge in [-0.1, -0.05) is 11.6 Å². The van der Waals surface area contributed by atoms with Gasteiger partial charge in [-0.2, -0.15) is 18.3 Å². The van der Waals surface area contributed by atoms with E-state index in [0.717, 1.165) is 6.20 Å². The van der Waals surface area contributed by atoms with E-state index in [9.17, 15) is 22.8 Å². The number of rotatable bonds is 7. The Morgan fingerprint density at radius 1 is 1.20 bits per heavy atom. The van der Waals surface area contributed by atoms with Crippen LogP contribution in [0.25, 0.3) is 10.9 Å². The van der Waals surface area contributed by atoms with Crippen LogP contribution in [0.1, 0.15) is 24.9 Å². The summed E-state index contributed by atoms with van der Waals surface area (Å²) in [5.41, 5.74) is -1.87. The molecule has 3 aromatic heterocycles. The second-order valence-corrected chi connectivity index (χ2v) is 8.59. The molecule has 0 spiro atoms. The standard InChI is InChI=1S/C21H23ClF3N7O3/c1-13(32-11-15(21(23,24)25)18-16(32)10-28-29-19(18)34)12-35-7-2-17(33)30-3-5-31(6-4-30)20-26-8-14(22)9-27-20/h8-11,13H,2-7,12H2,1H3,(H,29,34). The van der Waals surface area contributed by atoms with Gasteiger partial charge in [0.05, 0.1) is 65.8 Å². The summed E-state index contributed by atoms with van der Waals surface area (Å²) in [7, 11) is 0. The van der Waals surface area contributed by atoms with Gasteiger partial charge in [0.2, 0.25) is 11.9 Å². The summed E-state index contributed by atoms with van der Waals surface area (Å²) in [6.45, 7) is 4.04. The smallest absolute Gasteiger partial charge is 0.379 e. The predicted molar refractivity (Wildman–Crippen MR) is 121 cm³/mol. The number of ether oxygens (including phenoxy) is 1. The average molecular weight is 514 g/mol. The summed E-state index contributed by atoms with van der Waals surface area (Å²) in [4.78, 5) is 36.6. The molecule has 1 atom stereocenters. The molecule has 1 unspecified atom stereocenters. The first-order valence-electron chi connectivity index (χ1n) is 10.9. The number of nitrogens with zero attached hydrogens (tertiary/aromatic N) is 6. The molecule has 188 valence electrons. The largest absolute Gasteiger partial charge is 0.418 e. The van der Waals surface area contributed by atoms with Crippen molar-refractivity contribution in [3.63, 3.8) is 0 Å². The maximum Gasteiger partial charge on any atom is 0.418 e. The molecule has 1 aliphatic rings. The molecule has 14 heteroatoms. The molecule has 0 aliphatic carbocycles. The summed E-state index contributed by atoms with van der Waals surface area (Å²) in [6.07, 6.45) is 0.578. The molecule has 4 rings (SSSR count). The number of hydrogen-bond acceptors (Lipinski definition) is 7. The summed E-state index contributed by atoms with van der Waals surface area (Å²) in [5.74, 6) is 0.484. The minimum absolute atomic E-state index is 0.0584. The SMILES string of the molecule is CC(COCCC(=O)N1CCN(c2ncc(Cl)cn2)CC1)n1cc(C(F)(F)F)c2c(=O)[nH]ncc21. The Morgan fingerprint density at radius 3 is 2.54 bits per heavy atom. The van der Waals surface area contributed by atoms with Gasteiger partial charge in [0.15, 0.2) is 0 Å². The van der Waals surface area contributed by atoms with Crippen LogP contribution in [0.15, 0.2) is 29.6 Å². The minimum Gasteiger partial charge on any atom is -0.379 e. The quantitative estimate of drug-likeness (QED) is 0.483. The number of anilines is 1. The Hall–Kier alpha value is -3.19. The van der Waals surface area contributed by atoms with Gasteiger partial charge in [-0.3, -0.25) is 9.59 Å². The number of hydrogen-bond donors (Lipinski definition) is 1. The third-order valence-electron chi connectivity index (χ3n) is 5.77. The highest BCUT2D eigenvalue weighted by Gasteiger charge is 2.36. The zero-order chi connectivity index (χ0) is 25.2. The highest BCUT2D eigenvalue weighted by atomic mass is 35.5. The number of carbonyl (C=O) groups excluding carboxylic acids is 1. The van der Waals surface area contributed by atoms with E-state index in [-0.39, 0.29) is 31.1 Å². The van der Waals surface area contributed by atoms with Crippen LogP contribution < -0.4 is 10.5 Å². The van der Waals surface area contributed by atoms with Crippen LogP contribution in [-0.2, 0) is 15.7 Å². The van der Waals surface area contributed by atoms with Gasteiger partial charge in [0.1, 0.15) is 0 Å². The summed E-state index contributed by atoms with van der Waals surface area (Å²) < 4.78 is 47.1. The zero-order valence-corrected chi connectivity index (χ0v) is 19.5. The molecule has 1 saturated heterocycles. The van der Waals surface area contributed by atoms with Crippen LogP contribution in [0.2, 0.25) is 5.02 Å². The van der Waals surface area contributed by atoms with Gasteiger partial charge >= 0.3 is 6.18 Å². The molecular weight excluding hydrogens is 491 g/mol. The lowest BCUT2D eigenvalue weighted by molar-refractivity contribution is -0.136. The number of carbonyl (C=O) groups is 1. The number of fused-ring (bicyclic) bond motifs is 1. The van der Waals surface area contributed by atoms with Gasteiger partial charge < -0.3 is 19.1 Å². The van der Waals surface area contributed by atoms with E-state index in [0.29, 0.717) is 37.1 Å². The Bertz CT molecular complexity index is 1240.